The van der Waals surface area contributed by atoms with Gasteiger partial charge < -0.3 is 15.3 Å². The number of amides is 1. The van der Waals surface area contributed by atoms with Gasteiger partial charge in [-0.15, -0.1) is 0 Å². The van der Waals surface area contributed by atoms with Crippen LogP contribution >= 0.6 is 0 Å². The molecule has 1 aliphatic heterocycles. The largest absolute Gasteiger partial charge is 0.480 e. The first-order valence-electron chi connectivity index (χ1n) is 7.43. The maximum absolute atomic E-state index is 14.1. The highest BCUT2D eigenvalue weighted by molar-refractivity contribution is 5.96. The van der Waals surface area contributed by atoms with Gasteiger partial charge in [0.25, 0.3) is 5.91 Å². The fraction of sp³-hybridized carbons (Fsp3) is 0.467. The van der Waals surface area contributed by atoms with Gasteiger partial charge in [-0.1, -0.05) is 0 Å². The number of carbonyl (C=O) groups is 2. The summed E-state index contributed by atoms with van der Waals surface area (Å²) in [5.41, 5.74) is -1.35. The zero-order valence-corrected chi connectivity index (χ0v) is 12.9. The lowest BCUT2D eigenvalue weighted by atomic mass is 10.00. The van der Waals surface area contributed by atoms with Gasteiger partial charge in [-0.05, 0) is 31.4 Å². The standard InChI is InChI=1S/C15H15F5N2O3/c16-9-5-8(22-4-2-1-3-11(22)15(18,19)20)6-10(17)13(9)14(25)21-7-12(23)24/h5-6,11H,1-4,7H2,(H,21,25)(H,23,24). The molecule has 1 saturated heterocycles. The number of rotatable bonds is 4. The molecule has 1 fully saturated rings. The second kappa shape index (κ2) is 7.24. The van der Waals surface area contributed by atoms with Crippen molar-refractivity contribution >= 4 is 17.6 Å². The first kappa shape index (κ1) is 18.9. The second-order valence-electron chi connectivity index (χ2n) is 5.61. The summed E-state index contributed by atoms with van der Waals surface area (Å²) in [6.45, 7) is -0.866. The number of aliphatic carboxylic acids is 1. The van der Waals surface area contributed by atoms with E-state index >= 15 is 0 Å². The van der Waals surface area contributed by atoms with E-state index in [0.717, 1.165) is 4.90 Å². The Kier molecular flexibility index (Phi) is 5.48. The number of hydrogen-bond acceptors (Lipinski definition) is 3. The minimum Gasteiger partial charge on any atom is -0.480 e. The van der Waals surface area contributed by atoms with Crippen LogP contribution in [0.15, 0.2) is 12.1 Å². The number of hydrogen-bond donors (Lipinski definition) is 2. The predicted octanol–water partition coefficient (Wildman–Crippen LogP) is 2.70. The summed E-state index contributed by atoms with van der Waals surface area (Å²) >= 11 is 0. The van der Waals surface area contributed by atoms with Gasteiger partial charge in [-0.2, -0.15) is 13.2 Å². The van der Waals surface area contributed by atoms with E-state index in [1.807, 2.05) is 0 Å². The Morgan fingerprint density at radius 3 is 2.32 bits per heavy atom. The topological polar surface area (TPSA) is 69.6 Å². The monoisotopic (exact) mass is 366 g/mol. The van der Waals surface area contributed by atoms with Crippen molar-refractivity contribution in [3.05, 3.63) is 29.3 Å². The third-order valence-corrected chi connectivity index (χ3v) is 3.87. The SMILES string of the molecule is O=C(O)CNC(=O)c1c(F)cc(N2CCCCC2C(F)(F)F)cc1F. The number of carboxylic acids is 1. The first-order chi connectivity index (χ1) is 11.6. The third kappa shape index (κ3) is 4.37. The number of nitrogens with one attached hydrogen (secondary N) is 1. The Balaban J connectivity index is 2.32. The molecule has 138 valence electrons. The average molecular weight is 366 g/mol. The number of carbonyl (C=O) groups excluding carboxylic acids is 1. The molecule has 0 saturated carbocycles. The molecule has 25 heavy (non-hydrogen) atoms. The molecule has 1 aromatic rings. The first-order valence-corrected chi connectivity index (χ1v) is 7.43. The minimum atomic E-state index is -4.55. The fourth-order valence-electron chi connectivity index (χ4n) is 2.77. The lowest BCUT2D eigenvalue weighted by Gasteiger charge is -2.38. The number of halogens is 5. The van der Waals surface area contributed by atoms with Gasteiger partial charge in [-0.25, -0.2) is 8.78 Å². The summed E-state index contributed by atoms with van der Waals surface area (Å²) in [6, 6.07) is -0.544. The average Bonchev–Trinajstić information content (AvgIpc) is 2.51. The van der Waals surface area contributed by atoms with Gasteiger partial charge in [0.2, 0.25) is 0 Å². The van der Waals surface area contributed by atoms with Crippen LogP contribution in [-0.2, 0) is 4.79 Å². The molecular formula is C15H15F5N2O3. The van der Waals surface area contributed by atoms with Gasteiger partial charge in [0.15, 0.2) is 0 Å². The molecule has 1 amide bonds. The summed E-state index contributed by atoms with van der Waals surface area (Å²) < 4.78 is 67.6. The molecule has 2 N–H and O–H groups in total. The quantitative estimate of drug-likeness (QED) is 0.804. The van der Waals surface area contributed by atoms with Gasteiger partial charge in [0.05, 0.1) is 0 Å². The van der Waals surface area contributed by atoms with E-state index in [2.05, 4.69) is 0 Å². The summed E-state index contributed by atoms with van der Waals surface area (Å²) in [5.74, 6) is -5.42. The number of nitrogens with zero attached hydrogens (tertiary/aromatic N) is 1. The molecule has 10 heteroatoms. The van der Waals surface area contributed by atoms with E-state index in [-0.39, 0.29) is 18.7 Å². The Hall–Kier alpha value is -2.39. The van der Waals surface area contributed by atoms with Crippen LogP contribution < -0.4 is 10.2 Å². The number of anilines is 1. The van der Waals surface area contributed by atoms with Crippen LogP contribution in [0.2, 0.25) is 0 Å². The van der Waals surface area contributed by atoms with Crippen molar-refractivity contribution in [3.63, 3.8) is 0 Å². The van der Waals surface area contributed by atoms with Gasteiger partial charge in [-0.3, -0.25) is 9.59 Å². The molecule has 0 aliphatic carbocycles. The lowest BCUT2D eigenvalue weighted by molar-refractivity contribution is -0.152. The van der Waals surface area contributed by atoms with Gasteiger partial charge in [0, 0.05) is 12.2 Å². The van der Waals surface area contributed by atoms with Crippen molar-refractivity contribution < 1.29 is 36.6 Å². The van der Waals surface area contributed by atoms with Crippen molar-refractivity contribution in [1.82, 2.24) is 5.32 Å². The third-order valence-electron chi connectivity index (χ3n) is 3.87. The highest BCUT2D eigenvalue weighted by atomic mass is 19.4. The summed E-state index contributed by atoms with van der Waals surface area (Å²) in [6.07, 6.45) is -3.95. The molecule has 1 atom stereocenters. The van der Waals surface area contributed by atoms with Crippen LogP contribution in [0.5, 0.6) is 0 Å². The molecule has 0 bridgehead atoms. The zero-order chi connectivity index (χ0) is 18.8. The molecule has 1 aliphatic rings. The molecule has 1 aromatic carbocycles. The Bertz CT molecular complexity index is 655. The normalized spacial score (nSPS) is 18.1. The molecule has 5 nitrogen and oxygen atoms in total. The van der Waals surface area contributed by atoms with E-state index in [1.54, 1.807) is 5.32 Å². The number of piperidine rings is 1. The maximum atomic E-state index is 14.1. The van der Waals surface area contributed by atoms with Gasteiger partial charge >= 0.3 is 12.1 Å². The van der Waals surface area contributed by atoms with Crippen molar-refractivity contribution in [2.45, 2.75) is 31.5 Å². The van der Waals surface area contributed by atoms with Crippen LogP contribution in [0.3, 0.4) is 0 Å². The van der Waals surface area contributed by atoms with Crippen LogP contribution in [0.1, 0.15) is 29.6 Å². The lowest BCUT2D eigenvalue weighted by Crippen LogP contribution is -2.49. The van der Waals surface area contributed by atoms with Crippen LogP contribution in [0, 0.1) is 11.6 Å². The Morgan fingerprint density at radius 2 is 1.80 bits per heavy atom. The molecular weight excluding hydrogens is 351 g/mol. The van der Waals surface area contributed by atoms with Crippen LogP contribution in [0.25, 0.3) is 0 Å². The smallest absolute Gasteiger partial charge is 0.408 e. The Morgan fingerprint density at radius 1 is 1.20 bits per heavy atom. The number of benzene rings is 1. The molecule has 0 radical (unpaired) electrons. The minimum absolute atomic E-state index is 0.0202. The van der Waals surface area contributed by atoms with Crippen molar-refractivity contribution in [1.29, 1.82) is 0 Å². The summed E-state index contributed by atoms with van der Waals surface area (Å²) in [4.78, 5) is 22.9. The van der Waals surface area contributed by atoms with Crippen molar-refractivity contribution in [2.24, 2.45) is 0 Å². The predicted molar refractivity (Wildman–Crippen MR) is 77.4 cm³/mol. The van der Waals surface area contributed by atoms with Crippen molar-refractivity contribution in [2.75, 3.05) is 18.0 Å². The molecule has 2 rings (SSSR count). The van der Waals surface area contributed by atoms with E-state index in [9.17, 15) is 31.5 Å². The highest BCUT2D eigenvalue weighted by Crippen LogP contribution is 2.36. The summed E-state index contributed by atoms with van der Waals surface area (Å²) in [5, 5.41) is 10.3. The Labute approximate surface area is 139 Å². The molecule has 1 unspecified atom stereocenters. The molecule has 1 heterocycles. The fourth-order valence-corrected chi connectivity index (χ4v) is 2.77. The van der Waals surface area contributed by atoms with Gasteiger partial charge in [0.1, 0.15) is 29.8 Å². The number of alkyl halides is 3. The van der Waals surface area contributed by atoms with E-state index < -0.39 is 47.8 Å². The molecule has 0 aromatic heterocycles. The van der Waals surface area contributed by atoms with E-state index in [1.165, 1.54) is 0 Å². The highest BCUT2D eigenvalue weighted by Gasteiger charge is 2.44. The van der Waals surface area contributed by atoms with E-state index in [4.69, 9.17) is 5.11 Å². The zero-order valence-electron chi connectivity index (χ0n) is 12.9. The second-order valence-corrected chi connectivity index (χ2v) is 5.61. The van der Waals surface area contributed by atoms with Crippen molar-refractivity contribution in [3.8, 4) is 0 Å². The van der Waals surface area contributed by atoms with Crippen LogP contribution in [0.4, 0.5) is 27.6 Å². The summed E-state index contributed by atoms with van der Waals surface area (Å²) in [7, 11) is 0. The van der Waals surface area contributed by atoms with E-state index in [0.29, 0.717) is 25.0 Å². The number of carboxylic acid groups (broad SMARTS) is 1. The molecule has 0 spiro atoms. The van der Waals surface area contributed by atoms with Crippen LogP contribution in [-0.4, -0.2) is 42.3 Å². The maximum Gasteiger partial charge on any atom is 0.408 e.